The van der Waals surface area contributed by atoms with Crippen LogP contribution < -0.4 is 16.4 Å². The summed E-state index contributed by atoms with van der Waals surface area (Å²) in [6.45, 7) is 1.56. The second-order valence-corrected chi connectivity index (χ2v) is 3.47. The monoisotopic (exact) mass is 191 g/mol. The molecule has 0 radical (unpaired) electrons. The fourth-order valence-corrected chi connectivity index (χ4v) is 1.28. The Morgan fingerprint density at radius 1 is 1.36 bits per heavy atom. The molecule has 1 saturated heterocycles. The summed E-state index contributed by atoms with van der Waals surface area (Å²) < 4.78 is 0. The number of rotatable bonds is 2. The molecule has 1 heterocycles. The Hall–Kier alpha value is -1.55. The summed E-state index contributed by atoms with van der Waals surface area (Å²) in [4.78, 5) is 11.5. The Kier molecular flexibility index (Phi) is 2.37. The van der Waals surface area contributed by atoms with Gasteiger partial charge in [0.1, 0.15) is 0 Å². The molecular weight excluding hydrogens is 178 g/mol. The van der Waals surface area contributed by atoms with E-state index in [1.54, 1.807) is 24.3 Å². The molecule has 4 nitrogen and oxygen atoms in total. The number of nitrogens with one attached hydrogen (secondary N) is 2. The fraction of sp³-hybridized carbons (Fsp3) is 0.300. The number of nitrogen functional groups attached to an aromatic ring is 1. The van der Waals surface area contributed by atoms with Crippen LogP contribution in [0.5, 0.6) is 0 Å². The molecule has 1 amide bonds. The smallest absolute Gasteiger partial charge is 0.230 e. The van der Waals surface area contributed by atoms with Crippen LogP contribution in [0.4, 0.5) is 11.4 Å². The number of carbonyl (C=O) groups excluding carboxylic acids is 1. The molecular formula is C10H13N3O. The SMILES string of the molecule is Nc1ccc(NC(=O)C2CNC2)cc1. The summed E-state index contributed by atoms with van der Waals surface area (Å²) in [7, 11) is 0. The van der Waals surface area contributed by atoms with Crippen LogP contribution in [0.15, 0.2) is 24.3 Å². The van der Waals surface area contributed by atoms with Gasteiger partial charge in [-0.25, -0.2) is 0 Å². The fourth-order valence-electron chi connectivity index (χ4n) is 1.28. The van der Waals surface area contributed by atoms with Crippen LogP contribution in [0.2, 0.25) is 0 Å². The van der Waals surface area contributed by atoms with Gasteiger partial charge < -0.3 is 16.4 Å². The van der Waals surface area contributed by atoms with Crippen molar-refractivity contribution in [3.8, 4) is 0 Å². The second-order valence-electron chi connectivity index (χ2n) is 3.47. The lowest BCUT2D eigenvalue weighted by Crippen LogP contribution is -2.48. The Morgan fingerprint density at radius 2 is 2.00 bits per heavy atom. The molecule has 0 saturated carbocycles. The predicted octanol–water partition coefficient (Wildman–Crippen LogP) is 0.427. The molecule has 1 aliphatic heterocycles. The van der Waals surface area contributed by atoms with Crippen LogP contribution in [0.3, 0.4) is 0 Å². The summed E-state index contributed by atoms with van der Waals surface area (Å²) in [5.41, 5.74) is 7.04. The molecule has 0 aromatic heterocycles. The lowest BCUT2D eigenvalue weighted by atomic mass is 10.0. The first kappa shape index (κ1) is 9.02. The highest BCUT2D eigenvalue weighted by atomic mass is 16.2. The normalized spacial score (nSPS) is 16.0. The average Bonchev–Trinajstić information content (AvgIpc) is 2.06. The highest BCUT2D eigenvalue weighted by Crippen LogP contribution is 2.13. The van der Waals surface area contributed by atoms with E-state index in [-0.39, 0.29) is 11.8 Å². The Balaban J connectivity index is 1.96. The number of benzene rings is 1. The molecule has 2 rings (SSSR count). The third kappa shape index (κ3) is 1.85. The number of carbonyl (C=O) groups is 1. The lowest BCUT2D eigenvalue weighted by Gasteiger charge is -2.25. The molecule has 74 valence electrons. The van der Waals surface area contributed by atoms with Gasteiger partial charge in [0.25, 0.3) is 0 Å². The van der Waals surface area contributed by atoms with E-state index in [1.165, 1.54) is 0 Å². The van der Waals surface area contributed by atoms with Crippen molar-refractivity contribution in [2.75, 3.05) is 24.1 Å². The molecule has 4 heteroatoms. The first-order valence-corrected chi connectivity index (χ1v) is 4.63. The van der Waals surface area contributed by atoms with Crippen LogP contribution in [0.1, 0.15) is 0 Å². The highest BCUT2D eigenvalue weighted by molar-refractivity contribution is 5.93. The molecule has 1 aliphatic rings. The van der Waals surface area contributed by atoms with E-state index >= 15 is 0 Å². The molecule has 0 bridgehead atoms. The van der Waals surface area contributed by atoms with Crippen molar-refractivity contribution in [1.29, 1.82) is 0 Å². The van der Waals surface area contributed by atoms with Gasteiger partial charge in [0.05, 0.1) is 5.92 Å². The van der Waals surface area contributed by atoms with Gasteiger partial charge in [-0.2, -0.15) is 0 Å². The van der Waals surface area contributed by atoms with E-state index in [1.807, 2.05) is 0 Å². The average molecular weight is 191 g/mol. The van der Waals surface area contributed by atoms with Gasteiger partial charge in [0.15, 0.2) is 0 Å². The van der Waals surface area contributed by atoms with Crippen LogP contribution >= 0.6 is 0 Å². The summed E-state index contributed by atoms with van der Waals surface area (Å²) >= 11 is 0. The quantitative estimate of drug-likeness (QED) is 0.594. The topological polar surface area (TPSA) is 67.1 Å². The van der Waals surface area contributed by atoms with E-state index in [9.17, 15) is 4.79 Å². The van der Waals surface area contributed by atoms with Gasteiger partial charge in [-0.15, -0.1) is 0 Å². The third-order valence-corrected chi connectivity index (χ3v) is 2.33. The van der Waals surface area contributed by atoms with Crippen molar-refractivity contribution in [1.82, 2.24) is 5.32 Å². The molecule has 14 heavy (non-hydrogen) atoms. The zero-order chi connectivity index (χ0) is 9.97. The molecule has 0 aliphatic carbocycles. The predicted molar refractivity (Wildman–Crippen MR) is 55.8 cm³/mol. The summed E-state index contributed by atoms with van der Waals surface area (Å²) in [6.07, 6.45) is 0. The van der Waals surface area contributed by atoms with E-state index < -0.39 is 0 Å². The lowest BCUT2D eigenvalue weighted by molar-refractivity contribution is -0.121. The summed E-state index contributed by atoms with van der Waals surface area (Å²) in [6, 6.07) is 7.15. The third-order valence-electron chi connectivity index (χ3n) is 2.33. The minimum absolute atomic E-state index is 0.0773. The summed E-state index contributed by atoms with van der Waals surface area (Å²) in [5, 5.41) is 5.89. The van der Waals surface area contributed by atoms with Crippen molar-refractivity contribution in [2.45, 2.75) is 0 Å². The Morgan fingerprint density at radius 3 is 2.50 bits per heavy atom. The molecule has 1 aromatic carbocycles. The van der Waals surface area contributed by atoms with E-state index in [0.29, 0.717) is 5.69 Å². The minimum Gasteiger partial charge on any atom is -0.399 e. The molecule has 1 fully saturated rings. The van der Waals surface area contributed by atoms with Crippen molar-refractivity contribution in [3.63, 3.8) is 0 Å². The standard InChI is InChI=1S/C10H13N3O/c11-8-1-3-9(4-2-8)13-10(14)7-5-12-6-7/h1-4,7,12H,5-6,11H2,(H,13,14). The van der Waals surface area contributed by atoms with Crippen LogP contribution in [-0.2, 0) is 4.79 Å². The van der Waals surface area contributed by atoms with Crippen LogP contribution in [0, 0.1) is 5.92 Å². The van der Waals surface area contributed by atoms with E-state index in [4.69, 9.17) is 5.73 Å². The van der Waals surface area contributed by atoms with E-state index in [0.717, 1.165) is 18.8 Å². The van der Waals surface area contributed by atoms with E-state index in [2.05, 4.69) is 10.6 Å². The van der Waals surface area contributed by atoms with Gasteiger partial charge in [-0.1, -0.05) is 0 Å². The van der Waals surface area contributed by atoms with Gasteiger partial charge >= 0.3 is 0 Å². The molecule has 4 N–H and O–H groups in total. The minimum atomic E-state index is 0.0773. The second kappa shape index (κ2) is 3.67. The zero-order valence-corrected chi connectivity index (χ0v) is 7.79. The van der Waals surface area contributed by atoms with Crippen LogP contribution in [-0.4, -0.2) is 19.0 Å². The largest absolute Gasteiger partial charge is 0.399 e. The van der Waals surface area contributed by atoms with Crippen molar-refractivity contribution >= 4 is 17.3 Å². The van der Waals surface area contributed by atoms with Crippen LogP contribution in [0.25, 0.3) is 0 Å². The van der Waals surface area contributed by atoms with Crippen molar-refractivity contribution in [3.05, 3.63) is 24.3 Å². The number of hydrogen-bond donors (Lipinski definition) is 3. The maximum Gasteiger partial charge on any atom is 0.230 e. The molecule has 0 unspecified atom stereocenters. The van der Waals surface area contributed by atoms with Gasteiger partial charge in [-0.05, 0) is 24.3 Å². The first-order valence-electron chi connectivity index (χ1n) is 4.63. The number of anilines is 2. The number of amides is 1. The summed E-state index contributed by atoms with van der Waals surface area (Å²) in [5.74, 6) is 0.195. The maximum absolute atomic E-state index is 11.5. The Labute approximate surface area is 82.5 Å². The van der Waals surface area contributed by atoms with Crippen molar-refractivity contribution in [2.24, 2.45) is 5.92 Å². The zero-order valence-electron chi connectivity index (χ0n) is 7.79. The molecule has 0 spiro atoms. The van der Waals surface area contributed by atoms with Crippen molar-refractivity contribution < 1.29 is 4.79 Å². The van der Waals surface area contributed by atoms with Gasteiger partial charge in [0.2, 0.25) is 5.91 Å². The molecule has 0 atom stereocenters. The number of nitrogens with two attached hydrogens (primary N) is 1. The number of hydrogen-bond acceptors (Lipinski definition) is 3. The van der Waals surface area contributed by atoms with Gasteiger partial charge in [0, 0.05) is 24.5 Å². The molecule has 1 aromatic rings. The maximum atomic E-state index is 11.5. The Bertz CT molecular complexity index is 330. The van der Waals surface area contributed by atoms with Gasteiger partial charge in [-0.3, -0.25) is 4.79 Å². The highest BCUT2D eigenvalue weighted by Gasteiger charge is 2.24. The first-order chi connectivity index (χ1) is 6.75.